The molecule has 1 N–H and O–H groups in total. The van der Waals surface area contributed by atoms with Crippen LogP contribution in [0.25, 0.3) is 0 Å². The van der Waals surface area contributed by atoms with E-state index in [2.05, 4.69) is 43.4 Å². The highest BCUT2D eigenvalue weighted by Gasteiger charge is 2.30. The van der Waals surface area contributed by atoms with Crippen molar-refractivity contribution >= 4 is 0 Å². The molecule has 2 aliphatic rings. The number of nitrogens with one attached hydrogen (secondary N) is 1. The van der Waals surface area contributed by atoms with Gasteiger partial charge in [0.1, 0.15) is 0 Å². The first-order chi connectivity index (χ1) is 9.74. The van der Waals surface area contributed by atoms with E-state index in [1.807, 2.05) is 0 Å². The summed E-state index contributed by atoms with van der Waals surface area (Å²) in [5, 5.41) is 3.60. The first kappa shape index (κ1) is 14.1. The highest BCUT2D eigenvalue weighted by molar-refractivity contribution is 5.31. The van der Waals surface area contributed by atoms with Crippen molar-refractivity contribution < 1.29 is 4.74 Å². The van der Waals surface area contributed by atoms with Gasteiger partial charge in [-0.1, -0.05) is 38.1 Å². The van der Waals surface area contributed by atoms with E-state index in [0.29, 0.717) is 17.9 Å². The Kier molecular flexibility index (Phi) is 4.42. The van der Waals surface area contributed by atoms with Crippen LogP contribution < -0.4 is 5.32 Å². The fourth-order valence-corrected chi connectivity index (χ4v) is 3.18. The molecule has 1 aliphatic heterocycles. The molecule has 2 fully saturated rings. The minimum absolute atomic E-state index is 0.299. The predicted molar refractivity (Wildman–Crippen MR) is 82.9 cm³/mol. The van der Waals surface area contributed by atoms with E-state index in [4.69, 9.17) is 4.74 Å². The molecule has 20 heavy (non-hydrogen) atoms. The van der Waals surface area contributed by atoms with Crippen LogP contribution in [0.15, 0.2) is 24.3 Å². The van der Waals surface area contributed by atoms with Crippen LogP contribution in [-0.4, -0.2) is 19.7 Å². The third-order valence-electron chi connectivity index (χ3n) is 4.46. The molecule has 2 heteroatoms. The highest BCUT2D eigenvalue weighted by Crippen LogP contribution is 2.42. The quantitative estimate of drug-likeness (QED) is 0.849. The number of rotatable bonds is 6. The van der Waals surface area contributed by atoms with Gasteiger partial charge in [-0.2, -0.15) is 0 Å². The Bertz CT molecular complexity index is 439. The topological polar surface area (TPSA) is 21.3 Å². The molecule has 0 amide bonds. The van der Waals surface area contributed by atoms with Crippen LogP contribution in [0.3, 0.4) is 0 Å². The molecule has 0 bridgehead atoms. The molecule has 2 atom stereocenters. The van der Waals surface area contributed by atoms with Gasteiger partial charge in [-0.3, -0.25) is 0 Å². The molecular formula is C18H27NO. The van der Waals surface area contributed by atoms with Crippen molar-refractivity contribution in [2.24, 2.45) is 11.8 Å². The Hall–Kier alpha value is -0.860. The Labute approximate surface area is 122 Å². The second-order valence-electron chi connectivity index (χ2n) is 6.84. The molecule has 1 heterocycles. The molecule has 1 aliphatic carbocycles. The van der Waals surface area contributed by atoms with Gasteiger partial charge in [-0.25, -0.2) is 0 Å². The van der Waals surface area contributed by atoms with Crippen molar-refractivity contribution in [2.45, 2.75) is 45.1 Å². The third-order valence-corrected chi connectivity index (χ3v) is 4.46. The third kappa shape index (κ3) is 3.42. The Balaban J connectivity index is 1.63. The monoisotopic (exact) mass is 273 g/mol. The number of hydrogen-bond acceptors (Lipinski definition) is 2. The van der Waals surface area contributed by atoms with E-state index in [0.717, 1.165) is 25.6 Å². The molecular weight excluding hydrogens is 246 g/mol. The summed E-state index contributed by atoms with van der Waals surface area (Å²) in [7, 11) is 0. The smallest absolute Gasteiger partial charge is 0.0866 e. The molecule has 2 nitrogen and oxygen atoms in total. The second-order valence-corrected chi connectivity index (χ2v) is 6.84. The highest BCUT2D eigenvalue weighted by atomic mass is 16.5. The van der Waals surface area contributed by atoms with Crippen LogP contribution in [0.4, 0.5) is 0 Å². The van der Waals surface area contributed by atoms with Gasteiger partial charge in [0.2, 0.25) is 0 Å². The van der Waals surface area contributed by atoms with E-state index in [1.54, 1.807) is 0 Å². The molecule has 0 aromatic heterocycles. The van der Waals surface area contributed by atoms with Crippen LogP contribution in [0.2, 0.25) is 0 Å². The zero-order valence-corrected chi connectivity index (χ0v) is 12.8. The fraction of sp³-hybridized carbons (Fsp3) is 0.667. The summed E-state index contributed by atoms with van der Waals surface area (Å²) >= 11 is 0. The van der Waals surface area contributed by atoms with E-state index >= 15 is 0 Å². The summed E-state index contributed by atoms with van der Waals surface area (Å²) < 4.78 is 6.02. The average Bonchev–Trinajstić information content (AvgIpc) is 3.19. The molecule has 2 unspecified atom stereocenters. The lowest BCUT2D eigenvalue weighted by Crippen LogP contribution is -2.28. The summed E-state index contributed by atoms with van der Waals surface area (Å²) in [6.45, 7) is 7.61. The molecule has 1 saturated heterocycles. The van der Waals surface area contributed by atoms with Gasteiger partial charge in [0.05, 0.1) is 6.10 Å². The standard InChI is InChI=1S/C18H27NO/c1-13(2)11-19-12-17-8-9-20-18(17)16-5-3-4-15(10-16)14-6-7-14/h3-5,10,13-14,17-19H,6-9,11-12H2,1-2H3. The zero-order valence-electron chi connectivity index (χ0n) is 12.8. The van der Waals surface area contributed by atoms with Crippen LogP contribution in [0.1, 0.15) is 56.3 Å². The van der Waals surface area contributed by atoms with Gasteiger partial charge in [-0.15, -0.1) is 0 Å². The van der Waals surface area contributed by atoms with Gasteiger partial charge in [0.25, 0.3) is 0 Å². The summed E-state index contributed by atoms with van der Waals surface area (Å²) in [4.78, 5) is 0. The lowest BCUT2D eigenvalue weighted by atomic mass is 9.93. The van der Waals surface area contributed by atoms with E-state index < -0.39 is 0 Å². The number of hydrogen-bond donors (Lipinski definition) is 1. The summed E-state index contributed by atoms with van der Waals surface area (Å²) in [5.41, 5.74) is 2.91. The first-order valence-corrected chi connectivity index (χ1v) is 8.16. The zero-order chi connectivity index (χ0) is 13.9. The fourth-order valence-electron chi connectivity index (χ4n) is 3.18. The largest absolute Gasteiger partial charge is 0.373 e. The maximum atomic E-state index is 6.02. The second kappa shape index (κ2) is 6.28. The maximum absolute atomic E-state index is 6.02. The molecule has 110 valence electrons. The molecule has 0 spiro atoms. The maximum Gasteiger partial charge on any atom is 0.0866 e. The van der Waals surface area contributed by atoms with Crippen molar-refractivity contribution in [3.63, 3.8) is 0 Å². The van der Waals surface area contributed by atoms with Crippen molar-refractivity contribution in [1.29, 1.82) is 0 Å². The minimum atomic E-state index is 0.299. The molecule has 0 radical (unpaired) electrons. The molecule has 1 saturated carbocycles. The summed E-state index contributed by atoms with van der Waals surface area (Å²) in [5.74, 6) is 2.17. The van der Waals surface area contributed by atoms with E-state index in [9.17, 15) is 0 Å². The van der Waals surface area contributed by atoms with Crippen molar-refractivity contribution in [3.8, 4) is 0 Å². The lowest BCUT2D eigenvalue weighted by Gasteiger charge is -2.20. The SMILES string of the molecule is CC(C)CNCC1CCOC1c1cccc(C2CC2)c1. The Morgan fingerprint density at radius 3 is 2.75 bits per heavy atom. The van der Waals surface area contributed by atoms with Gasteiger partial charge in [-0.05, 0) is 48.8 Å². The van der Waals surface area contributed by atoms with Crippen LogP contribution >= 0.6 is 0 Å². The normalized spacial score (nSPS) is 26.4. The van der Waals surface area contributed by atoms with Gasteiger partial charge in [0.15, 0.2) is 0 Å². The van der Waals surface area contributed by atoms with Gasteiger partial charge in [0, 0.05) is 19.1 Å². The first-order valence-electron chi connectivity index (χ1n) is 8.16. The number of ether oxygens (including phenoxy) is 1. The summed E-state index contributed by atoms with van der Waals surface area (Å²) in [6, 6.07) is 9.13. The van der Waals surface area contributed by atoms with E-state index in [-0.39, 0.29) is 0 Å². The number of benzene rings is 1. The van der Waals surface area contributed by atoms with Gasteiger partial charge < -0.3 is 10.1 Å². The van der Waals surface area contributed by atoms with Crippen LogP contribution in [0.5, 0.6) is 0 Å². The van der Waals surface area contributed by atoms with E-state index in [1.165, 1.54) is 30.4 Å². The van der Waals surface area contributed by atoms with Gasteiger partial charge >= 0.3 is 0 Å². The Morgan fingerprint density at radius 2 is 2.00 bits per heavy atom. The lowest BCUT2D eigenvalue weighted by molar-refractivity contribution is 0.0903. The van der Waals surface area contributed by atoms with Crippen molar-refractivity contribution in [2.75, 3.05) is 19.7 Å². The molecule has 3 rings (SSSR count). The minimum Gasteiger partial charge on any atom is -0.373 e. The molecule has 1 aromatic rings. The van der Waals surface area contributed by atoms with Crippen LogP contribution in [0, 0.1) is 11.8 Å². The average molecular weight is 273 g/mol. The molecule has 1 aromatic carbocycles. The van der Waals surface area contributed by atoms with Crippen LogP contribution in [-0.2, 0) is 4.74 Å². The van der Waals surface area contributed by atoms with Crippen molar-refractivity contribution in [1.82, 2.24) is 5.32 Å². The summed E-state index contributed by atoms with van der Waals surface area (Å²) in [6.07, 6.45) is 4.22. The predicted octanol–water partition coefficient (Wildman–Crippen LogP) is 3.89. The van der Waals surface area contributed by atoms with Crippen molar-refractivity contribution in [3.05, 3.63) is 35.4 Å². The Morgan fingerprint density at radius 1 is 1.20 bits per heavy atom.